The fourth-order valence-corrected chi connectivity index (χ4v) is 2.51. The Bertz CT molecular complexity index is 149. The summed E-state index contributed by atoms with van der Waals surface area (Å²) in [6.07, 6.45) is 2.59. The van der Waals surface area contributed by atoms with Gasteiger partial charge < -0.3 is 0 Å². The van der Waals surface area contributed by atoms with E-state index in [-0.39, 0.29) is 11.8 Å². The van der Waals surface area contributed by atoms with E-state index in [9.17, 15) is 8.78 Å². The van der Waals surface area contributed by atoms with Gasteiger partial charge in [0, 0.05) is 11.8 Å². The Balaban J connectivity index is 2.25. The van der Waals surface area contributed by atoms with Crippen molar-refractivity contribution in [2.75, 3.05) is 0 Å². The van der Waals surface area contributed by atoms with Gasteiger partial charge in [-0.25, -0.2) is 8.78 Å². The van der Waals surface area contributed by atoms with Gasteiger partial charge in [0.15, 0.2) is 0 Å². The Hall–Kier alpha value is -0.140. The van der Waals surface area contributed by atoms with Crippen LogP contribution < -0.4 is 0 Å². The van der Waals surface area contributed by atoms with E-state index in [1.165, 1.54) is 0 Å². The molecule has 0 radical (unpaired) electrons. The van der Waals surface area contributed by atoms with E-state index < -0.39 is 5.92 Å². The van der Waals surface area contributed by atoms with Crippen molar-refractivity contribution in [1.82, 2.24) is 0 Å². The smallest absolute Gasteiger partial charge is 0.206 e. The minimum absolute atomic E-state index is 0.271. The predicted molar refractivity (Wildman–Crippen MR) is 34.9 cm³/mol. The van der Waals surface area contributed by atoms with E-state index in [0.29, 0.717) is 5.92 Å². The molecule has 0 aromatic rings. The summed E-state index contributed by atoms with van der Waals surface area (Å²) in [5, 5.41) is 0. The van der Waals surface area contributed by atoms with Crippen LogP contribution in [-0.4, -0.2) is 5.92 Å². The molecule has 2 heteroatoms. The fourth-order valence-electron chi connectivity index (χ4n) is 2.51. The highest BCUT2D eigenvalue weighted by Gasteiger charge is 2.57. The van der Waals surface area contributed by atoms with Crippen molar-refractivity contribution in [3.05, 3.63) is 0 Å². The lowest BCUT2D eigenvalue weighted by Gasteiger charge is -2.27. The summed E-state index contributed by atoms with van der Waals surface area (Å²) in [6.45, 7) is 1.70. The summed E-state index contributed by atoms with van der Waals surface area (Å²) in [4.78, 5) is 0. The average molecular weight is 146 g/mol. The fraction of sp³-hybridized carbons (Fsp3) is 1.00. The van der Waals surface area contributed by atoms with Crippen molar-refractivity contribution >= 4 is 0 Å². The molecular formula is C8H12F2. The van der Waals surface area contributed by atoms with Gasteiger partial charge >= 0.3 is 0 Å². The highest BCUT2D eigenvalue weighted by atomic mass is 19.3. The van der Waals surface area contributed by atoms with Gasteiger partial charge in [0.05, 0.1) is 0 Å². The summed E-state index contributed by atoms with van der Waals surface area (Å²) in [7, 11) is 0. The predicted octanol–water partition coefficient (Wildman–Crippen LogP) is 2.69. The van der Waals surface area contributed by atoms with Crippen molar-refractivity contribution < 1.29 is 8.78 Å². The molecule has 0 aromatic heterocycles. The Morgan fingerprint density at radius 1 is 1.30 bits per heavy atom. The summed E-state index contributed by atoms with van der Waals surface area (Å²) >= 11 is 0. The van der Waals surface area contributed by atoms with Crippen molar-refractivity contribution in [2.24, 2.45) is 17.8 Å². The monoisotopic (exact) mass is 146 g/mol. The van der Waals surface area contributed by atoms with Crippen molar-refractivity contribution in [3.63, 3.8) is 0 Å². The first kappa shape index (κ1) is 6.56. The molecular weight excluding hydrogens is 134 g/mol. The van der Waals surface area contributed by atoms with Crippen LogP contribution in [0.5, 0.6) is 0 Å². The van der Waals surface area contributed by atoms with Gasteiger partial charge in [-0.3, -0.25) is 0 Å². The molecule has 0 N–H and O–H groups in total. The van der Waals surface area contributed by atoms with Crippen LogP contribution in [0.4, 0.5) is 8.78 Å². The molecule has 0 saturated heterocycles. The van der Waals surface area contributed by atoms with Crippen LogP contribution in [0.25, 0.3) is 0 Å². The molecule has 10 heavy (non-hydrogen) atoms. The zero-order valence-electron chi connectivity index (χ0n) is 6.11. The van der Waals surface area contributed by atoms with E-state index in [1.807, 2.05) is 0 Å². The zero-order chi connectivity index (χ0) is 7.35. The van der Waals surface area contributed by atoms with Crippen LogP contribution >= 0.6 is 0 Å². The highest BCUT2D eigenvalue weighted by Crippen LogP contribution is 2.56. The molecule has 3 unspecified atom stereocenters. The minimum Gasteiger partial charge on any atom is -0.206 e. The number of rotatable bonds is 0. The van der Waals surface area contributed by atoms with Crippen molar-refractivity contribution in [2.45, 2.75) is 32.1 Å². The van der Waals surface area contributed by atoms with Crippen molar-refractivity contribution in [1.29, 1.82) is 0 Å². The maximum atomic E-state index is 13.0. The van der Waals surface area contributed by atoms with Crippen LogP contribution in [0, 0.1) is 17.8 Å². The maximum absolute atomic E-state index is 13.0. The molecule has 0 heterocycles. The molecule has 2 aliphatic rings. The normalized spacial score (nSPS) is 50.1. The highest BCUT2D eigenvalue weighted by molar-refractivity contribution is 4.99. The second-order valence-electron chi connectivity index (χ2n) is 3.73. The number of hydrogen-bond acceptors (Lipinski definition) is 0. The summed E-state index contributed by atoms with van der Waals surface area (Å²) in [5.74, 6) is -2.61. The van der Waals surface area contributed by atoms with Crippen LogP contribution in [0.2, 0.25) is 0 Å². The number of alkyl halides is 2. The largest absolute Gasteiger partial charge is 0.253 e. The number of fused-ring (bicyclic) bond motifs is 2. The average Bonchev–Trinajstić information content (AvgIpc) is 2.37. The van der Waals surface area contributed by atoms with Gasteiger partial charge in [-0.1, -0.05) is 6.92 Å². The van der Waals surface area contributed by atoms with Crippen LogP contribution in [0.3, 0.4) is 0 Å². The van der Waals surface area contributed by atoms with Crippen molar-refractivity contribution in [3.8, 4) is 0 Å². The molecule has 2 fully saturated rings. The van der Waals surface area contributed by atoms with Gasteiger partial charge in [-0.2, -0.15) is 0 Å². The Kier molecular flexibility index (Phi) is 1.13. The first-order valence-corrected chi connectivity index (χ1v) is 4.00. The third-order valence-electron chi connectivity index (χ3n) is 3.33. The molecule has 0 nitrogen and oxygen atoms in total. The van der Waals surface area contributed by atoms with Gasteiger partial charge in [0.2, 0.25) is 0 Å². The van der Waals surface area contributed by atoms with Crippen LogP contribution in [0.15, 0.2) is 0 Å². The van der Waals surface area contributed by atoms with Crippen LogP contribution in [0.1, 0.15) is 26.2 Å². The molecule has 2 aliphatic carbocycles. The second-order valence-corrected chi connectivity index (χ2v) is 3.73. The first-order valence-electron chi connectivity index (χ1n) is 4.00. The Morgan fingerprint density at radius 3 is 2.30 bits per heavy atom. The molecule has 58 valence electrons. The van der Waals surface area contributed by atoms with E-state index >= 15 is 0 Å². The standard InChI is InChI=1S/C8H12F2/c1-5-6-2-3-7(4-6)8(5,9)10/h5-7H,2-4H2,1H3. The first-order chi connectivity index (χ1) is 4.62. The van der Waals surface area contributed by atoms with Gasteiger partial charge in [-0.05, 0) is 25.2 Å². The lowest BCUT2D eigenvalue weighted by molar-refractivity contribution is -0.0911. The van der Waals surface area contributed by atoms with Gasteiger partial charge in [-0.15, -0.1) is 0 Å². The zero-order valence-corrected chi connectivity index (χ0v) is 6.11. The third kappa shape index (κ3) is 0.599. The van der Waals surface area contributed by atoms with Gasteiger partial charge in [0.25, 0.3) is 5.92 Å². The molecule has 0 amide bonds. The summed E-state index contributed by atoms with van der Waals surface area (Å²) < 4.78 is 26.1. The maximum Gasteiger partial charge on any atom is 0.253 e. The molecule has 2 bridgehead atoms. The molecule has 0 aromatic carbocycles. The quantitative estimate of drug-likeness (QED) is 0.493. The summed E-state index contributed by atoms with van der Waals surface area (Å²) in [5.41, 5.74) is 0. The molecule has 3 atom stereocenters. The SMILES string of the molecule is CC1C2CCC(C2)C1(F)F. The number of halogens is 2. The topological polar surface area (TPSA) is 0 Å². The van der Waals surface area contributed by atoms with E-state index in [1.54, 1.807) is 6.92 Å². The van der Waals surface area contributed by atoms with E-state index in [0.717, 1.165) is 19.3 Å². The minimum atomic E-state index is -2.33. The second kappa shape index (κ2) is 1.72. The lowest BCUT2D eigenvalue weighted by Crippen LogP contribution is -2.32. The molecule has 0 spiro atoms. The lowest BCUT2D eigenvalue weighted by atomic mass is 9.87. The third-order valence-corrected chi connectivity index (χ3v) is 3.33. The molecule has 0 aliphatic heterocycles. The van der Waals surface area contributed by atoms with E-state index in [4.69, 9.17) is 0 Å². The Labute approximate surface area is 59.6 Å². The van der Waals surface area contributed by atoms with E-state index in [2.05, 4.69) is 0 Å². The number of hydrogen-bond donors (Lipinski definition) is 0. The van der Waals surface area contributed by atoms with Gasteiger partial charge in [0.1, 0.15) is 0 Å². The molecule has 2 rings (SSSR count). The van der Waals surface area contributed by atoms with Crippen LogP contribution in [-0.2, 0) is 0 Å². The summed E-state index contributed by atoms with van der Waals surface area (Å²) in [6, 6.07) is 0. The Morgan fingerprint density at radius 2 is 2.00 bits per heavy atom. The molecule has 2 saturated carbocycles.